The van der Waals surface area contributed by atoms with Crippen LogP contribution < -0.4 is 0 Å². The summed E-state index contributed by atoms with van der Waals surface area (Å²) in [6, 6.07) is 59.7. The third-order valence-electron chi connectivity index (χ3n) is 9.89. The monoisotopic (exact) mass is 860 g/mol. The molecule has 0 aliphatic rings. The molecule has 6 aromatic carbocycles. The van der Waals surface area contributed by atoms with E-state index in [0.29, 0.717) is 0 Å². The Labute approximate surface area is 321 Å². The number of aryl methyl sites for hydroxylation is 2. The first-order valence-corrected chi connectivity index (χ1v) is 17.5. The third-order valence-corrected chi connectivity index (χ3v) is 9.89. The summed E-state index contributed by atoms with van der Waals surface area (Å²) in [7, 11) is 0. The van der Waals surface area contributed by atoms with Gasteiger partial charge in [0.25, 0.3) is 0 Å². The van der Waals surface area contributed by atoms with Crippen molar-refractivity contribution in [2.75, 3.05) is 0 Å². The average molecular weight is 861 g/mol. The van der Waals surface area contributed by atoms with Crippen molar-refractivity contribution in [3.05, 3.63) is 175 Å². The number of hydrogen-bond acceptors (Lipinski definition) is 3. The van der Waals surface area contributed by atoms with E-state index in [1.807, 2.05) is 18.2 Å². The van der Waals surface area contributed by atoms with Gasteiger partial charge in [0, 0.05) is 16.2 Å². The van der Waals surface area contributed by atoms with Gasteiger partial charge in [0.1, 0.15) is 17.0 Å². The quantitative estimate of drug-likeness (QED) is 0.162. The van der Waals surface area contributed by atoms with Crippen LogP contribution >= 0.6 is 0 Å². The zero-order valence-electron chi connectivity index (χ0n) is 29.0. The van der Waals surface area contributed by atoms with E-state index in [4.69, 9.17) is 14.4 Å². The smallest absolute Gasteiger partial charge is 0.501 e. The predicted molar refractivity (Wildman–Crippen MR) is 213 cm³/mol. The Morgan fingerprint density at radius 1 is 0.566 bits per heavy atom. The van der Waals surface area contributed by atoms with E-state index in [-0.39, 0.29) is 21.1 Å². The van der Waals surface area contributed by atoms with Gasteiger partial charge in [0.2, 0.25) is 0 Å². The van der Waals surface area contributed by atoms with Crippen LogP contribution in [-0.4, -0.2) is 14.5 Å². The van der Waals surface area contributed by atoms with Crippen molar-refractivity contribution in [2.24, 2.45) is 0 Å². The normalized spacial score (nSPS) is 11.4. The Hall–Kier alpha value is -6.09. The first kappa shape index (κ1) is 32.8. The number of rotatable bonds is 5. The summed E-state index contributed by atoms with van der Waals surface area (Å²) in [6.45, 7) is 4.19. The molecular weight excluding hydrogens is 830 g/mol. The number of aromatic nitrogens is 3. The van der Waals surface area contributed by atoms with Crippen LogP contribution in [0.15, 0.2) is 156 Å². The van der Waals surface area contributed by atoms with Gasteiger partial charge in [-0.05, 0) is 51.8 Å². The van der Waals surface area contributed by atoms with E-state index in [1.165, 1.54) is 5.56 Å². The molecule has 0 aliphatic carbocycles. The first-order valence-electron chi connectivity index (χ1n) is 17.5. The molecule has 4 nitrogen and oxygen atoms in total. The Morgan fingerprint density at radius 2 is 1.30 bits per heavy atom. The van der Waals surface area contributed by atoms with Crippen LogP contribution in [0.2, 0.25) is 0 Å². The first-order chi connectivity index (χ1) is 25.6. The molecule has 0 spiro atoms. The van der Waals surface area contributed by atoms with Crippen molar-refractivity contribution >= 4 is 43.9 Å². The summed E-state index contributed by atoms with van der Waals surface area (Å²) in [5.74, 6) is 0.768. The summed E-state index contributed by atoms with van der Waals surface area (Å²) in [5, 5.41) is 4.28. The zero-order chi connectivity index (χ0) is 34.8. The molecule has 53 heavy (non-hydrogen) atoms. The van der Waals surface area contributed by atoms with Gasteiger partial charge >= 0.3 is 21.1 Å². The summed E-state index contributed by atoms with van der Waals surface area (Å²) in [6.07, 6.45) is 0. The molecule has 0 aliphatic heterocycles. The minimum absolute atomic E-state index is 0. The maximum absolute atomic E-state index is 6.71. The molecule has 0 unspecified atom stereocenters. The fourth-order valence-corrected chi connectivity index (χ4v) is 7.55. The van der Waals surface area contributed by atoms with Gasteiger partial charge in [0.15, 0.2) is 0 Å². The topological polar surface area (TPSA) is 43.9 Å². The Balaban J connectivity index is 0.00000372. The molecule has 0 amide bonds. The van der Waals surface area contributed by atoms with Crippen molar-refractivity contribution in [3.63, 3.8) is 0 Å². The maximum atomic E-state index is 6.71. The molecule has 4 aromatic heterocycles. The summed E-state index contributed by atoms with van der Waals surface area (Å²) < 4.78 is 8.90. The molecule has 5 heteroatoms. The number of nitrogens with zero attached hydrogens (tertiary/aromatic N) is 3. The van der Waals surface area contributed by atoms with Crippen LogP contribution in [0.3, 0.4) is 0 Å². The SMILES string of the molecule is Cc1[c-]c(-c2ccc3c4ccccc4n(-c4cc(-c5ccccc5)cc(-c5[c-]ccc6c5oc5cc(-c7ccccc7)ccc56)n4)c3n2)cc(C)c1.[Pt+2]. The van der Waals surface area contributed by atoms with Crippen LogP contribution in [0.4, 0.5) is 0 Å². The second-order valence-corrected chi connectivity index (χ2v) is 13.4. The van der Waals surface area contributed by atoms with Gasteiger partial charge in [-0.1, -0.05) is 134 Å². The zero-order valence-corrected chi connectivity index (χ0v) is 31.3. The van der Waals surface area contributed by atoms with E-state index >= 15 is 0 Å². The molecule has 10 rings (SSSR count). The van der Waals surface area contributed by atoms with Gasteiger partial charge in [0.05, 0.1) is 11.1 Å². The van der Waals surface area contributed by atoms with Crippen molar-refractivity contribution in [1.82, 2.24) is 14.5 Å². The number of pyridine rings is 2. The van der Waals surface area contributed by atoms with Gasteiger partial charge in [-0.3, -0.25) is 14.5 Å². The molecule has 4 heterocycles. The van der Waals surface area contributed by atoms with Gasteiger partial charge in [-0.25, -0.2) is 0 Å². The van der Waals surface area contributed by atoms with E-state index < -0.39 is 0 Å². The molecular formula is C48H31N3OPt. The van der Waals surface area contributed by atoms with E-state index in [1.54, 1.807) is 0 Å². The molecule has 0 bridgehead atoms. The molecule has 0 saturated heterocycles. The number of fused-ring (bicyclic) bond motifs is 6. The Bertz CT molecular complexity index is 2960. The van der Waals surface area contributed by atoms with Crippen LogP contribution in [0.1, 0.15) is 11.1 Å². The Kier molecular flexibility index (Phi) is 8.14. The summed E-state index contributed by atoms with van der Waals surface area (Å²) in [5.41, 5.74) is 13.6. The van der Waals surface area contributed by atoms with Crippen molar-refractivity contribution in [2.45, 2.75) is 13.8 Å². The van der Waals surface area contributed by atoms with Crippen molar-refractivity contribution < 1.29 is 25.5 Å². The fourth-order valence-electron chi connectivity index (χ4n) is 7.55. The van der Waals surface area contributed by atoms with Gasteiger partial charge in [-0.2, -0.15) is 0 Å². The standard InChI is InChI=1S/C48H31N3O.Pt/c1-30-24-31(2)26-36(25-30)42-23-22-40-37-16-9-10-19-44(37)51(48(40)50-42)46-29-35(33-14-7-4-8-15-33)27-43(49-46)41-18-11-17-39-38-21-20-34(28-45(38)52-47(39)41)32-12-5-3-6-13-32;/h3-17,19-25,27-29H,1-2H3;/q-2;+2. The molecule has 0 N–H and O–H groups in total. The van der Waals surface area contributed by atoms with Gasteiger partial charge in [-0.15, -0.1) is 53.1 Å². The minimum atomic E-state index is 0. The van der Waals surface area contributed by atoms with Crippen molar-refractivity contribution in [1.29, 1.82) is 0 Å². The van der Waals surface area contributed by atoms with Gasteiger partial charge < -0.3 is 4.42 Å². The average Bonchev–Trinajstić information content (AvgIpc) is 3.73. The second kappa shape index (κ2) is 13.2. The molecule has 254 valence electrons. The van der Waals surface area contributed by atoms with Crippen LogP contribution in [0, 0.1) is 26.0 Å². The second-order valence-electron chi connectivity index (χ2n) is 13.4. The van der Waals surface area contributed by atoms with E-state index in [2.05, 4.69) is 164 Å². The number of furan rings is 1. The summed E-state index contributed by atoms with van der Waals surface area (Å²) >= 11 is 0. The van der Waals surface area contributed by atoms with Crippen LogP contribution in [0.5, 0.6) is 0 Å². The largest absolute Gasteiger partial charge is 2.00 e. The van der Waals surface area contributed by atoms with Crippen molar-refractivity contribution in [3.8, 4) is 50.6 Å². The maximum Gasteiger partial charge on any atom is 2.00 e. The van der Waals surface area contributed by atoms with E-state index in [9.17, 15) is 0 Å². The molecule has 0 atom stereocenters. The number of benzene rings is 6. The molecule has 10 aromatic rings. The number of hydrogen-bond donors (Lipinski definition) is 0. The molecule has 0 fully saturated rings. The third kappa shape index (κ3) is 5.67. The fraction of sp³-hybridized carbons (Fsp3) is 0.0417. The minimum Gasteiger partial charge on any atom is -0.501 e. The summed E-state index contributed by atoms with van der Waals surface area (Å²) in [4.78, 5) is 10.7. The molecule has 0 radical (unpaired) electrons. The van der Waals surface area contributed by atoms with Crippen LogP contribution in [0.25, 0.3) is 94.5 Å². The predicted octanol–water partition coefficient (Wildman–Crippen LogP) is 12.4. The van der Waals surface area contributed by atoms with Crippen LogP contribution in [-0.2, 0) is 21.1 Å². The molecule has 0 saturated carbocycles. The van der Waals surface area contributed by atoms with E-state index in [0.717, 1.165) is 100 Å². The Morgan fingerprint density at radius 3 is 2.09 bits per heavy atom. The number of para-hydroxylation sites is 1.